The van der Waals surface area contributed by atoms with Crippen LogP contribution < -0.4 is 16.4 Å². The number of rotatable bonds is 5. The third-order valence-electron chi connectivity index (χ3n) is 3.87. The minimum atomic E-state index is -0.751. The Morgan fingerprint density at radius 1 is 1.35 bits per heavy atom. The van der Waals surface area contributed by atoms with Crippen LogP contribution in [0.4, 0.5) is 4.79 Å². The van der Waals surface area contributed by atoms with Gasteiger partial charge in [0.15, 0.2) is 0 Å². The second-order valence-corrected chi connectivity index (χ2v) is 7.68. The van der Waals surface area contributed by atoms with Crippen LogP contribution in [0.15, 0.2) is 28.8 Å². The zero-order chi connectivity index (χ0) is 19.3. The van der Waals surface area contributed by atoms with Crippen LogP contribution in [0.3, 0.4) is 0 Å². The van der Waals surface area contributed by atoms with E-state index in [1.165, 1.54) is 0 Å². The molecule has 1 heterocycles. The van der Waals surface area contributed by atoms with Gasteiger partial charge in [0.05, 0.1) is 26.7 Å². The van der Waals surface area contributed by atoms with E-state index in [1.54, 1.807) is 18.2 Å². The Kier molecular flexibility index (Phi) is 7.21. The summed E-state index contributed by atoms with van der Waals surface area (Å²) >= 11 is 13.1. The number of allylic oxidation sites excluding steroid dienone is 1. The first-order valence-electron chi connectivity index (χ1n) is 7.99. The summed E-state index contributed by atoms with van der Waals surface area (Å²) in [6.45, 7) is 2.48. The molecule has 3 amide bonds. The van der Waals surface area contributed by atoms with Gasteiger partial charge in [0, 0.05) is 12.5 Å². The molecule has 0 aromatic heterocycles. The van der Waals surface area contributed by atoms with Crippen LogP contribution in [0.1, 0.15) is 31.2 Å². The van der Waals surface area contributed by atoms with Crippen LogP contribution in [0.25, 0.3) is 0 Å². The lowest BCUT2D eigenvalue weighted by molar-refractivity contribution is -0.119. The molecule has 6 nitrogen and oxygen atoms in total. The van der Waals surface area contributed by atoms with E-state index in [-0.39, 0.29) is 10.6 Å². The maximum atomic E-state index is 12.6. The van der Waals surface area contributed by atoms with Crippen molar-refractivity contribution < 1.29 is 9.59 Å². The van der Waals surface area contributed by atoms with Crippen molar-refractivity contribution in [2.45, 2.75) is 30.9 Å². The molecule has 9 heteroatoms. The Balaban J connectivity index is 2.21. The van der Waals surface area contributed by atoms with Crippen molar-refractivity contribution in [2.75, 3.05) is 6.54 Å². The first kappa shape index (κ1) is 20.4. The summed E-state index contributed by atoms with van der Waals surface area (Å²) in [5.41, 5.74) is 6.84. The van der Waals surface area contributed by atoms with Gasteiger partial charge in [0.1, 0.15) is 5.25 Å². The molecule has 0 radical (unpaired) electrons. The van der Waals surface area contributed by atoms with Gasteiger partial charge in [0.25, 0.3) is 0 Å². The molecule has 2 atom stereocenters. The number of nitriles is 1. The molecule has 2 unspecified atom stereocenters. The molecular formula is C17H18Cl2N4O2S. The Morgan fingerprint density at radius 2 is 2.08 bits per heavy atom. The lowest BCUT2D eigenvalue weighted by atomic mass is 9.89. The first-order valence-corrected chi connectivity index (χ1v) is 9.62. The van der Waals surface area contributed by atoms with Gasteiger partial charge < -0.3 is 11.1 Å². The topological polar surface area (TPSA) is 108 Å². The van der Waals surface area contributed by atoms with Gasteiger partial charge in [0.2, 0.25) is 5.91 Å². The number of nitrogens with one attached hydrogen (secondary N) is 2. The number of nitrogens with zero attached hydrogens (tertiary/aromatic N) is 1. The molecule has 1 aromatic carbocycles. The van der Waals surface area contributed by atoms with Crippen LogP contribution in [0.5, 0.6) is 0 Å². The molecule has 0 saturated heterocycles. The van der Waals surface area contributed by atoms with E-state index in [0.29, 0.717) is 22.2 Å². The molecule has 0 aliphatic carbocycles. The monoisotopic (exact) mass is 412 g/mol. The fraction of sp³-hybridized carbons (Fsp3) is 0.353. The van der Waals surface area contributed by atoms with Crippen molar-refractivity contribution in [2.24, 2.45) is 5.73 Å². The first-order chi connectivity index (χ1) is 12.4. The lowest BCUT2D eigenvalue weighted by Crippen LogP contribution is -2.44. The summed E-state index contributed by atoms with van der Waals surface area (Å²) in [5, 5.41) is 14.6. The number of urea groups is 1. The van der Waals surface area contributed by atoms with Crippen LogP contribution in [-0.4, -0.2) is 23.7 Å². The highest BCUT2D eigenvalue weighted by Gasteiger charge is 2.41. The van der Waals surface area contributed by atoms with Gasteiger partial charge in [-0.15, -0.1) is 0 Å². The Labute approximate surface area is 166 Å². The average Bonchev–Trinajstić information content (AvgIpc) is 2.94. The Bertz CT molecular complexity index is 791. The van der Waals surface area contributed by atoms with Gasteiger partial charge in [-0.2, -0.15) is 5.26 Å². The summed E-state index contributed by atoms with van der Waals surface area (Å²) in [5.74, 6) is -1.13. The van der Waals surface area contributed by atoms with Crippen molar-refractivity contribution >= 4 is 46.9 Å². The normalized spacial score (nSPS) is 19.2. The van der Waals surface area contributed by atoms with Crippen molar-refractivity contribution in [1.82, 2.24) is 10.6 Å². The van der Waals surface area contributed by atoms with Crippen molar-refractivity contribution in [1.29, 1.82) is 5.26 Å². The summed E-state index contributed by atoms with van der Waals surface area (Å²) in [6, 6.07) is 6.38. The van der Waals surface area contributed by atoms with Crippen LogP contribution >= 0.6 is 35.0 Å². The highest BCUT2D eigenvalue weighted by molar-refractivity contribution is 8.04. The lowest BCUT2D eigenvalue weighted by Gasteiger charge is -2.19. The van der Waals surface area contributed by atoms with Gasteiger partial charge in [-0.1, -0.05) is 54.4 Å². The molecule has 2 rings (SSSR count). The fourth-order valence-electron chi connectivity index (χ4n) is 2.56. The molecule has 4 N–H and O–H groups in total. The molecule has 138 valence electrons. The predicted molar refractivity (Wildman–Crippen MR) is 104 cm³/mol. The van der Waals surface area contributed by atoms with E-state index in [9.17, 15) is 14.9 Å². The van der Waals surface area contributed by atoms with E-state index in [2.05, 4.69) is 16.7 Å². The summed E-state index contributed by atoms with van der Waals surface area (Å²) in [7, 11) is 0. The molecular weight excluding hydrogens is 395 g/mol. The van der Waals surface area contributed by atoms with Gasteiger partial charge in [-0.25, -0.2) is 4.79 Å². The second kappa shape index (κ2) is 9.17. The molecule has 1 aromatic rings. The van der Waals surface area contributed by atoms with E-state index >= 15 is 0 Å². The number of hydrogen-bond acceptors (Lipinski definition) is 5. The summed E-state index contributed by atoms with van der Waals surface area (Å²) in [4.78, 5) is 24.4. The zero-order valence-corrected chi connectivity index (χ0v) is 16.3. The van der Waals surface area contributed by atoms with E-state index in [4.69, 9.17) is 28.9 Å². The number of benzene rings is 1. The molecule has 0 fully saturated rings. The van der Waals surface area contributed by atoms with E-state index < -0.39 is 23.1 Å². The number of amides is 3. The highest BCUT2D eigenvalue weighted by atomic mass is 35.5. The predicted octanol–water partition coefficient (Wildman–Crippen LogP) is 3.51. The maximum Gasteiger partial charge on any atom is 0.321 e. The molecule has 1 aliphatic heterocycles. The van der Waals surface area contributed by atoms with Gasteiger partial charge in [-0.05, 0) is 24.1 Å². The van der Waals surface area contributed by atoms with E-state index in [0.717, 1.165) is 24.6 Å². The highest BCUT2D eigenvalue weighted by Crippen LogP contribution is 2.46. The zero-order valence-electron chi connectivity index (χ0n) is 14.0. The number of halogens is 2. The Hall–Kier alpha value is -1.88. The third kappa shape index (κ3) is 4.64. The minimum Gasteiger partial charge on any atom is -0.393 e. The number of thioether (sulfide) groups is 1. The van der Waals surface area contributed by atoms with Crippen LogP contribution in [-0.2, 0) is 4.79 Å². The molecule has 26 heavy (non-hydrogen) atoms. The second-order valence-electron chi connectivity index (χ2n) is 5.68. The molecule has 1 aliphatic rings. The van der Waals surface area contributed by atoms with Gasteiger partial charge in [-0.3, -0.25) is 10.1 Å². The number of imide groups is 1. The smallest absolute Gasteiger partial charge is 0.321 e. The minimum absolute atomic E-state index is 0.259. The molecule has 0 bridgehead atoms. The molecule has 0 spiro atoms. The largest absolute Gasteiger partial charge is 0.393 e. The van der Waals surface area contributed by atoms with Crippen molar-refractivity contribution in [3.05, 3.63) is 44.4 Å². The SMILES string of the molecule is CCCCNC(=O)NC(=O)C1SC(N)=C(C#N)C1c1ccc(Cl)c(Cl)c1. The summed E-state index contributed by atoms with van der Waals surface area (Å²) < 4.78 is 0. The van der Waals surface area contributed by atoms with Gasteiger partial charge >= 0.3 is 6.03 Å². The fourth-order valence-corrected chi connectivity index (χ4v) is 4.03. The average molecular weight is 413 g/mol. The van der Waals surface area contributed by atoms with E-state index in [1.807, 2.05) is 6.92 Å². The van der Waals surface area contributed by atoms with Crippen molar-refractivity contribution in [3.8, 4) is 6.07 Å². The van der Waals surface area contributed by atoms with Crippen molar-refractivity contribution in [3.63, 3.8) is 0 Å². The Morgan fingerprint density at radius 3 is 2.69 bits per heavy atom. The third-order valence-corrected chi connectivity index (χ3v) is 5.82. The number of unbranched alkanes of at least 4 members (excludes halogenated alkanes) is 1. The number of hydrogen-bond donors (Lipinski definition) is 3. The maximum absolute atomic E-state index is 12.6. The van der Waals surface area contributed by atoms with Crippen LogP contribution in [0.2, 0.25) is 10.0 Å². The number of carbonyl (C=O) groups excluding carboxylic acids is 2. The number of carbonyl (C=O) groups is 2. The summed E-state index contributed by atoms with van der Waals surface area (Å²) in [6.07, 6.45) is 1.75. The standard InChI is InChI=1S/C17H18Cl2N4O2S/c1-2-3-6-22-17(25)23-16(24)14-13(10(8-20)15(21)26-14)9-4-5-11(18)12(19)7-9/h4-5,7,13-14H,2-3,6,21H2,1H3,(H2,22,23,24,25). The number of nitrogens with two attached hydrogens (primary N) is 1. The van der Waals surface area contributed by atoms with Crippen LogP contribution in [0, 0.1) is 11.3 Å². The quantitative estimate of drug-likeness (QED) is 0.641. The molecule has 0 saturated carbocycles.